The van der Waals surface area contributed by atoms with Crippen LogP contribution in [0.15, 0.2) is 11.8 Å². The molecule has 0 amide bonds. The Hall–Kier alpha value is -0.243. The zero-order chi connectivity index (χ0) is 9.41. The van der Waals surface area contributed by atoms with Gasteiger partial charge < -0.3 is 4.43 Å². The van der Waals surface area contributed by atoms with Gasteiger partial charge in [-0.25, -0.2) is 0 Å². The van der Waals surface area contributed by atoms with E-state index in [-0.39, 0.29) is 0 Å². The highest BCUT2D eigenvalue weighted by Crippen LogP contribution is 2.39. The van der Waals surface area contributed by atoms with E-state index in [0.717, 1.165) is 6.42 Å². The van der Waals surface area contributed by atoms with E-state index in [4.69, 9.17) is 4.43 Å². The summed E-state index contributed by atoms with van der Waals surface area (Å²) in [7, 11) is -1.51. The zero-order valence-corrected chi connectivity index (χ0v) is 9.90. The van der Waals surface area contributed by atoms with E-state index in [1.54, 1.807) is 0 Å². The second-order valence-electron chi connectivity index (χ2n) is 5.07. The van der Waals surface area contributed by atoms with E-state index >= 15 is 0 Å². The van der Waals surface area contributed by atoms with Crippen molar-refractivity contribution >= 4 is 8.32 Å². The molecule has 0 aromatic carbocycles. The van der Waals surface area contributed by atoms with Gasteiger partial charge >= 0.3 is 0 Å². The standard InChI is InChI=1S/C10H20OSi/c1-10(2,3)12(4,5)11-9-7-6-8-9/h7H,6,8H2,1-5H3. The lowest BCUT2D eigenvalue weighted by Crippen LogP contribution is -2.40. The summed E-state index contributed by atoms with van der Waals surface area (Å²) in [6.45, 7) is 11.4. The van der Waals surface area contributed by atoms with Crippen molar-refractivity contribution < 1.29 is 4.43 Å². The van der Waals surface area contributed by atoms with E-state index in [1.165, 1.54) is 12.2 Å². The molecule has 0 saturated heterocycles. The highest BCUT2D eigenvalue weighted by molar-refractivity contribution is 6.74. The van der Waals surface area contributed by atoms with E-state index < -0.39 is 8.32 Å². The number of hydrogen-bond acceptors (Lipinski definition) is 1. The lowest BCUT2D eigenvalue weighted by molar-refractivity contribution is 0.347. The van der Waals surface area contributed by atoms with Crippen molar-refractivity contribution in [3.8, 4) is 0 Å². The first kappa shape index (κ1) is 9.84. The Morgan fingerprint density at radius 2 is 1.83 bits per heavy atom. The Bertz CT molecular complexity index is 198. The molecule has 1 nitrogen and oxygen atoms in total. The van der Waals surface area contributed by atoms with Crippen LogP contribution in [-0.2, 0) is 4.43 Å². The van der Waals surface area contributed by atoms with Crippen molar-refractivity contribution in [1.82, 2.24) is 0 Å². The molecule has 0 aliphatic heterocycles. The van der Waals surface area contributed by atoms with Crippen LogP contribution in [0.25, 0.3) is 0 Å². The van der Waals surface area contributed by atoms with Crippen LogP contribution in [0, 0.1) is 0 Å². The first-order valence-corrected chi connectivity index (χ1v) is 7.62. The predicted molar refractivity (Wildman–Crippen MR) is 55.6 cm³/mol. The summed E-state index contributed by atoms with van der Waals surface area (Å²) in [6, 6.07) is 0. The molecule has 0 saturated carbocycles. The van der Waals surface area contributed by atoms with Gasteiger partial charge in [0.1, 0.15) is 0 Å². The maximum Gasteiger partial charge on any atom is 0.250 e. The fraction of sp³-hybridized carbons (Fsp3) is 0.800. The summed E-state index contributed by atoms with van der Waals surface area (Å²) in [6.07, 6.45) is 4.58. The van der Waals surface area contributed by atoms with Crippen LogP contribution >= 0.6 is 0 Å². The van der Waals surface area contributed by atoms with Gasteiger partial charge in [-0.05, 0) is 30.6 Å². The average Bonchev–Trinajstić information content (AvgIpc) is 1.76. The van der Waals surface area contributed by atoms with Crippen LogP contribution in [0.4, 0.5) is 0 Å². The maximum absolute atomic E-state index is 6.04. The molecule has 0 heterocycles. The van der Waals surface area contributed by atoms with Crippen molar-refractivity contribution in [2.45, 2.75) is 51.7 Å². The third-order valence-electron chi connectivity index (χ3n) is 2.96. The molecule has 12 heavy (non-hydrogen) atoms. The molecule has 0 aromatic rings. The van der Waals surface area contributed by atoms with Gasteiger partial charge in [0.15, 0.2) is 0 Å². The molecule has 70 valence electrons. The van der Waals surface area contributed by atoms with Crippen LogP contribution < -0.4 is 0 Å². The molecule has 0 bridgehead atoms. The van der Waals surface area contributed by atoms with Crippen molar-refractivity contribution in [2.24, 2.45) is 0 Å². The molecule has 1 aliphatic rings. The lowest BCUT2D eigenvalue weighted by atomic mass is 10.1. The minimum absolute atomic E-state index is 0.337. The Kier molecular flexibility index (Phi) is 2.39. The Balaban J connectivity index is 2.59. The van der Waals surface area contributed by atoms with Gasteiger partial charge in [-0.2, -0.15) is 0 Å². The van der Waals surface area contributed by atoms with Gasteiger partial charge in [0.25, 0.3) is 0 Å². The zero-order valence-electron chi connectivity index (χ0n) is 8.90. The van der Waals surface area contributed by atoms with Crippen LogP contribution in [0.2, 0.25) is 18.1 Å². The Morgan fingerprint density at radius 1 is 1.33 bits per heavy atom. The topological polar surface area (TPSA) is 9.23 Å². The lowest BCUT2D eigenvalue weighted by Gasteiger charge is -2.38. The minimum Gasteiger partial charge on any atom is -0.547 e. The van der Waals surface area contributed by atoms with Gasteiger partial charge in [-0.15, -0.1) is 0 Å². The molecule has 0 atom stereocenters. The number of rotatable bonds is 2. The van der Waals surface area contributed by atoms with Gasteiger partial charge in [-0.3, -0.25) is 0 Å². The third-order valence-corrected chi connectivity index (χ3v) is 7.34. The normalized spacial score (nSPS) is 18.2. The highest BCUT2D eigenvalue weighted by Gasteiger charge is 2.39. The molecule has 2 heteroatoms. The fourth-order valence-corrected chi connectivity index (χ4v) is 1.98. The maximum atomic E-state index is 6.04. The summed E-state index contributed by atoms with van der Waals surface area (Å²) in [5, 5.41) is 0.337. The van der Waals surface area contributed by atoms with Gasteiger partial charge in [0.05, 0.1) is 5.76 Å². The van der Waals surface area contributed by atoms with Gasteiger partial charge in [-0.1, -0.05) is 20.8 Å². The quantitative estimate of drug-likeness (QED) is 0.595. The van der Waals surface area contributed by atoms with Gasteiger partial charge in [0.2, 0.25) is 8.32 Å². The van der Waals surface area contributed by atoms with Crippen LogP contribution in [0.5, 0.6) is 0 Å². The SMILES string of the molecule is CC(C)(C)[Si](C)(C)OC1=CCC1. The van der Waals surface area contributed by atoms with E-state index in [1.807, 2.05) is 0 Å². The summed E-state index contributed by atoms with van der Waals surface area (Å²) in [5.74, 6) is 1.24. The molecule has 0 unspecified atom stereocenters. The Labute approximate surface area is 76.9 Å². The van der Waals surface area contributed by atoms with E-state index in [9.17, 15) is 0 Å². The molecule has 0 N–H and O–H groups in total. The second-order valence-corrected chi connectivity index (χ2v) is 9.80. The summed E-state index contributed by atoms with van der Waals surface area (Å²) in [5.41, 5.74) is 0. The fourth-order valence-electron chi connectivity index (χ4n) is 0.836. The second kappa shape index (κ2) is 2.91. The van der Waals surface area contributed by atoms with E-state index in [2.05, 4.69) is 39.9 Å². The van der Waals surface area contributed by atoms with Crippen molar-refractivity contribution in [2.75, 3.05) is 0 Å². The minimum atomic E-state index is -1.51. The highest BCUT2D eigenvalue weighted by atomic mass is 28.4. The van der Waals surface area contributed by atoms with Crippen molar-refractivity contribution in [3.05, 3.63) is 11.8 Å². The first-order valence-electron chi connectivity index (χ1n) is 4.71. The van der Waals surface area contributed by atoms with Gasteiger partial charge in [0, 0.05) is 6.42 Å². The molecule has 1 aliphatic carbocycles. The smallest absolute Gasteiger partial charge is 0.250 e. The molecular formula is C10H20OSi. The van der Waals surface area contributed by atoms with Crippen molar-refractivity contribution in [1.29, 1.82) is 0 Å². The average molecular weight is 184 g/mol. The molecule has 0 fully saturated rings. The summed E-state index contributed by atoms with van der Waals surface area (Å²) < 4.78 is 6.04. The molecule has 0 spiro atoms. The molecular weight excluding hydrogens is 164 g/mol. The monoisotopic (exact) mass is 184 g/mol. The van der Waals surface area contributed by atoms with E-state index in [0.29, 0.717) is 5.04 Å². The van der Waals surface area contributed by atoms with Crippen LogP contribution in [-0.4, -0.2) is 8.32 Å². The first-order chi connectivity index (χ1) is 5.33. The van der Waals surface area contributed by atoms with Crippen molar-refractivity contribution in [3.63, 3.8) is 0 Å². The number of allylic oxidation sites excluding steroid dienone is 2. The predicted octanol–water partition coefficient (Wildman–Crippen LogP) is 3.69. The summed E-state index contributed by atoms with van der Waals surface area (Å²) >= 11 is 0. The molecule has 0 radical (unpaired) electrons. The largest absolute Gasteiger partial charge is 0.547 e. The third kappa shape index (κ3) is 1.92. The van der Waals surface area contributed by atoms with Crippen LogP contribution in [0.1, 0.15) is 33.6 Å². The van der Waals surface area contributed by atoms with Crippen LogP contribution in [0.3, 0.4) is 0 Å². The molecule has 1 rings (SSSR count). The summed E-state index contributed by atoms with van der Waals surface area (Å²) in [4.78, 5) is 0. The molecule has 0 aromatic heterocycles. The Morgan fingerprint density at radius 3 is 2.08 bits per heavy atom. The number of hydrogen-bond donors (Lipinski definition) is 0.